The number of para-hydroxylation sites is 2. The largest absolute Gasteiger partial charge is 0.311 e. The molecule has 0 aliphatic rings. The summed E-state index contributed by atoms with van der Waals surface area (Å²) >= 11 is 1.77. The molecular weight excluding hydrogens is 533 g/mol. The molecule has 4 nitrogen and oxygen atoms in total. The first kappa shape index (κ1) is 25.6. The lowest BCUT2D eigenvalue weighted by atomic mass is 10.1. The fourth-order valence-corrected chi connectivity index (χ4v) is 5.99. The minimum absolute atomic E-state index is 0.829. The zero-order valence-electron chi connectivity index (χ0n) is 22.7. The minimum atomic E-state index is 0.829. The van der Waals surface area contributed by atoms with E-state index in [4.69, 9.17) is 4.98 Å². The maximum atomic E-state index is 4.92. The zero-order valence-corrected chi connectivity index (χ0v) is 23.5. The molecule has 200 valence electrons. The van der Waals surface area contributed by atoms with Crippen molar-refractivity contribution in [2.75, 3.05) is 4.90 Å². The summed E-state index contributed by atoms with van der Waals surface area (Å²) in [6.07, 6.45) is 3.60. The summed E-state index contributed by atoms with van der Waals surface area (Å²) in [7, 11) is 0. The number of nitrogens with zero attached hydrogens (tertiary/aromatic N) is 4. The van der Waals surface area contributed by atoms with E-state index in [1.165, 1.54) is 15.3 Å². The second-order valence-electron chi connectivity index (χ2n) is 9.77. The minimum Gasteiger partial charge on any atom is -0.311 e. The molecule has 3 aromatic carbocycles. The molecule has 42 heavy (non-hydrogen) atoms. The van der Waals surface area contributed by atoms with Crippen molar-refractivity contribution in [2.24, 2.45) is 0 Å². The molecule has 7 aromatic rings. The van der Waals surface area contributed by atoms with Crippen molar-refractivity contribution < 1.29 is 0 Å². The fraction of sp³-hybridized carbons (Fsp3) is 0. The molecule has 0 saturated heterocycles. The summed E-state index contributed by atoms with van der Waals surface area (Å²) in [5, 5.41) is 0. The second kappa shape index (κ2) is 11.6. The lowest BCUT2D eigenvalue weighted by molar-refractivity contribution is 1.22. The molecule has 4 aromatic heterocycles. The van der Waals surface area contributed by atoms with E-state index in [1.807, 2.05) is 48.5 Å². The van der Waals surface area contributed by atoms with E-state index in [0.717, 1.165) is 45.4 Å². The Labute approximate surface area is 249 Å². The Hall–Kier alpha value is -5.39. The van der Waals surface area contributed by atoms with Crippen molar-refractivity contribution in [2.45, 2.75) is 0 Å². The first-order chi connectivity index (χ1) is 20.8. The lowest BCUT2D eigenvalue weighted by Crippen LogP contribution is -2.09. The Kier molecular flexibility index (Phi) is 7.07. The van der Waals surface area contributed by atoms with E-state index in [1.54, 1.807) is 23.7 Å². The summed E-state index contributed by atoms with van der Waals surface area (Å²) in [6, 6.07) is 50.1. The van der Waals surface area contributed by atoms with Gasteiger partial charge < -0.3 is 4.90 Å². The Morgan fingerprint density at radius 1 is 0.405 bits per heavy atom. The van der Waals surface area contributed by atoms with Crippen LogP contribution in [0, 0.1) is 0 Å². The SMILES string of the molecule is c1ccc(N(c2ccccc2)c2ccc(-c3ccc(-c4cc(-c5ccccn5)nc(-c5ccccn5)c4)s3)cc2)cc1. The average molecular weight is 559 g/mol. The topological polar surface area (TPSA) is 41.9 Å². The molecule has 0 bridgehead atoms. The van der Waals surface area contributed by atoms with Crippen LogP contribution >= 0.6 is 11.3 Å². The predicted molar refractivity (Wildman–Crippen MR) is 174 cm³/mol. The molecular formula is C37H26N4S. The molecule has 4 heterocycles. The van der Waals surface area contributed by atoms with Gasteiger partial charge in [0.1, 0.15) is 0 Å². The van der Waals surface area contributed by atoms with Gasteiger partial charge >= 0.3 is 0 Å². The molecule has 0 N–H and O–H groups in total. The van der Waals surface area contributed by atoms with Crippen LogP contribution in [0.2, 0.25) is 0 Å². The van der Waals surface area contributed by atoms with Crippen molar-refractivity contribution in [3.63, 3.8) is 0 Å². The number of hydrogen-bond acceptors (Lipinski definition) is 5. The van der Waals surface area contributed by atoms with E-state index in [-0.39, 0.29) is 0 Å². The van der Waals surface area contributed by atoms with Gasteiger partial charge in [0.25, 0.3) is 0 Å². The Morgan fingerprint density at radius 3 is 1.38 bits per heavy atom. The molecule has 7 rings (SSSR count). The molecule has 0 spiro atoms. The standard InChI is InChI=1S/C37H26N4S/c1-3-11-29(12-4-1)41(30-13-5-2-6-14-30)31-19-17-27(18-20-31)36-21-22-37(42-36)28-25-34(32-15-7-9-23-38-32)40-35(26-28)33-16-8-10-24-39-33/h1-26H. The van der Waals surface area contributed by atoms with Crippen molar-refractivity contribution >= 4 is 28.4 Å². The summed E-state index contributed by atoms with van der Waals surface area (Å²) in [4.78, 5) is 18.7. The number of pyridine rings is 3. The highest BCUT2D eigenvalue weighted by Crippen LogP contribution is 2.39. The fourth-order valence-electron chi connectivity index (χ4n) is 4.99. The molecule has 0 aliphatic heterocycles. The van der Waals surface area contributed by atoms with Gasteiger partial charge in [-0.05, 0) is 96.1 Å². The quantitative estimate of drug-likeness (QED) is 0.195. The third-order valence-electron chi connectivity index (χ3n) is 7.01. The van der Waals surface area contributed by atoms with Gasteiger partial charge in [-0.15, -0.1) is 11.3 Å². The van der Waals surface area contributed by atoms with Crippen LogP contribution in [-0.2, 0) is 0 Å². The summed E-state index contributed by atoms with van der Waals surface area (Å²) in [6.45, 7) is 0. The summed E-state index contributed by atoms with van der Waals surface area (Å²) in [5.41, 5.74) is 8.97. The van der Waals surface area contributed by atoms with Crippen molar-refractivity contribution in [3.05, 3.63) is 158 Å². The summed E-state index contributed by atoms with van der Waals surface area (Å²) < 4.78 is 0. The smallest absolute Gasteiger partial charge is 0.0900 e. The maximum absolute atomic E-state index is 4.92. The number of anilines is 3. The first-order valence-corrected chi connectivity index (χ1v) is 14.6. The third kappa shape index (κ3) is 5.33. The van der Waals surface area contributed by atoms with Crippen LogP contribution in [0.15, 0.2) is 158 Å². The Morgan fingerprint density at radius 2 is 0.881 bits per heavy atom. The van der Waals surface area contributed by atoms with E-state index in [2.05, 4.69) is 112 Å². The number of hydrogen-bond donors (Lipinski definition) is 0. The van der Waals surface area contributed by atoms with Gasteiger partial charge in [0, 0.05) is 39.2 Å². The van der Waals surface area contributed by atoms with Gasteiger partial charge in [-0.3, -0.25) is 9.97 Å². The molecule has 0 atom stereocenters. The number of rotatable bonds is 7. The van der Waals surface area contributed by atoms with Crippen LogP contribution < -0.4 is 4.90 Å². The number of aromatic nitrogens is 3. The van der Waals surface area contributed by atoms with Gasteiger partial charge in [0.05, 0.1) is 22.8 Å². The Balaban J connectivity index is 1.23. The Bertz CT molecular complexity index is 1810. The number of thiophene rings is 1. The zero-order chi connectivity index (χ0) is 28.1. The van der Waals surface area contributed by atoms with Gasteiger partial charge in [0.15, 0.2) is 0 Å². The lowest BCUT2D eigenvalue weighted by Gasteiger charge is -2.25. The number of benzene rings is 3. The van der Waals surface area contributed by atoms with Crippen molar-refractivity contribution in [3.8, 4) is 43.7 Å². The van der Waals surface area contributed by atoms with Crippen LogP contribution in [0.5, 0.6) is 0 Å². The van der Waals surface area contributed by atoms with E-state index in [9.17, 15) is 0 Å². The molecule has 0 unspecified atom stereocenters. The molecule has 0 aliphatic carbocycles. The summed E-state index contributed by atoms with van der Waals surface area (Å²) in [5.74, 6) is 0. The van der Waals surface area contributed by atoms with Crippen LogP contribution in [0.25, 0.3) is 43.7 Å². The van der Waals surface area contributed by atoms with Gasteiger partial charge in [0.2, 0.25) is 0 Å². The molecule has 0 saturated carbocycles. The monoisotopic (exact) mass is 558 g/mol. The van der Waals surface area contributed by atoms with E-state index < -0.39 is 0 Å². The second-order valence-corrected chi connectivity index (χ2v) is 10.9. The van der Waals surface area contributed by atoms with E-state index in [0.29, 0.717) is 0 Å². The van der Waals surface area contributed by atoms with Gasteiger partial charge in [-0.2, -0.15) is 0 Å². The third-order valence-corrected chi connectivity index (χ3v) is 8.19. The van der Waals surface area contributed by atoms with Crippen LogP contribution in [0.1, 0.15) is 0 Å². The molecule has 0 fully saturated rings. The van der Waals surface area contributed by atoms with Gasteiger partial charge in [-0.25, -0.2) is 4.98 Å². The van der Waals surface area contributed by atoms with Crippen LogP contribution in [0.3, 0.4) is 0 Å². The average Bonchev–Trinajstić information content (AvgIpc) is 3.58. The maximum Gasteiger partial charge on any atom is 0.0900 e. The molecule has 5 heteroatoms. The predicted octanol–water partition coefficient (Wildman–Crippen LogP) is 10.1. The van der Waals surface area contributed by atoms with Crippen LogP contribution in [-0.4, -0.2) is 15.0 Å². The van der Waals surface area contributed by atoms with Crippen LogP contribution in [0.4, 0.5) is 17.1 Å². The highest BCUT2D eigenvalue weighted by Gasteiger charge is 2.14. The van der Waals surface area contributed by atoms with E-state index >= 15 is 0 Å². The molecule has 0 radical (unpaired) electrons. The highest BCUT2D eigenvalue weighted by atomic mass is 32.1. The molecule has 0 amide bonds. The van der Waals surface area contributed by atoms with Crippen molar-refractivity contribution in [1.29, 1.82) is 0 Å². The normalized spacial score (nSPS) is 10.9. The first-order valence-electron chi connectivity index (χ1n) is 13.8. The van der Waals surface area contributed by atoms with Crippen molar-refractivity contribution in [1.82, 2.24) is 15.0 Å². The highest BCUT2D eigenvalue weighted by molar-refractivity contribution is 7.18. The van der Waals surface area contributed by atoms with Gasteiger partial charge in [-0.1, -0.05) is 60.7 Å².